The van der Waals surface area contributed by atoms with Crippen molar-refractivity contribution in [1.29, 1.82) is 0 Å². The molecule has 3 aromatic rings. The van der Waals surface area contributed by atoms with Crippen molar-refractivity contribution in [1.82, 2.24) is 4.98 Å². The van der Waals surface area contributed by atoms with Gasteiger partial charge in [0, 0.05) is 11.8 Å². The van der Waals surface area contributed by atoms with Crippen LogP contribution in [-0.2, 0) is 6.42 Å². The van der Waals surface area contributed by atoms with Crippen molar-refractivity contribution in [3.8, 4) is 22.4 Å². The Bertz CT molecular complexity index is 765. The quantitative estimate of drug-likeness (QED) is 0.577. The summed E-state index contributed by atoms with van der Waals surface area (Å²) in [4.78, 5) is 4.44. The molecular formula is C22H23N. The van der Waals surface area contributed by atoms with E-state index in [-0.39, 0.29) is 0 Å². The van der Waals surface area contributed by atoms with Gasteiger partial charge in [0.1, 0.15) is 0 Å². The number of hydrogen-bond donors (Lipinski definition) is 0. The molecular weight excluding hydrogens is 278 g/mol. The molecule has 0 radical (unpaired) electrons. The summed E-state index contributed by atoms with van der Waals surface area (Å²) in [6, 6.07) is 23.5. The third-order valence-corrected chi connectivity index (χ3v) is 3.84. The number of hydrogen-bond acceptors (Lipinski definition) is 1. The Labute approximate surface area is 139 Å². The minimum absolute atomic E-state index is 0.320. The van der Waals surface area contributed by atoms with Crippen LogP contribution in [0.15, 0.2) is 72.9 Å². The predicted octanol–water partition coefficient (Wildman–Crippen LogP) is 6.00. The number of pyridine rings is 1. The SMILES string of the molecule is CC(C)(C)Cc1ccc(-c2cccc(-c3ccccn3)c2)cc1. The fraction of sp³-hybridized carbons (Fsp3) is 0.227. The molecule has 0 saturated heterocycles. The van der Waals surface area contributed by atoms with Crippen molar-refractivity contribution in [3.63, 3.8) is 0 Å². The van der Waals surface area contributed by atoms with E-state index < -0.39 is 0 Å². The molecule has 1 heteroatoms. The molecule has 0 spiro atoms. The summed E-state index contributed by atoms with van der Waals surface area (Å²) < 4.78 is 0. The van der Waals surface area contributed by atoms with Crippen LogP contribution in [-0.4, -0.2) is 4.98 Å². The molecule has 116 valence electrons. The van der Waals surface area contributed by atoms with Crippen molar-refractivity contribution in [3.05, 3.63) is 78.5 Å². The Kier molecular flexibility index (Phi) is 4.29. The smallest absolute Gasteiger partial charge is 0.0702 e. The van der Waals surface area contributed by atoms with Crippen LogP contribution in [0.2, 0.25) is 0 Å². The molecule has 0 unspecified atom stereocenters. The van der Waals surface area contributed by atoms with Crippen LogP contribution in [0.3, 0.4) is 0 Å². The Hall–Kier alpha value is -2.41. The van der Waals surface area contributed by atoms with Crippen molar-refractivity contribution in [2.75, 3.05) is 0 Å². The van der Waals surface area contributed by atoms with Gasteiger partial charge in [0.15, 0.2) is 0 Å². The van der Waals surface area contributed by atoms with Crippen LogP contribution in [0.1, 0.15) is 26.3 Å². The molecule has 23 heavy (non-hydrogen) atoms. The van der Waals surface area contributed by atoms with Crippen LogP contribution in [0.25, 0.3) is 22.4 Å². The van der Waals surface area contributed by atoms with E-state index >= 15 is 0 Å². The lowest BCUT2D eigenvalue weighted by molar-refractivity contribution is 0.411. The Balaban J connectivity index is 1.88. The average Bonchev–Trinajstić information content (AvgIpc) is 2.55. The van der Waals surface area contributed by atoms with E-state index in [9.17, 15) is 0 Å². The lowest BCUT2D eigenvalue weighted by Crippen LogP contribution is -2.08. The highest BCUT2D eigenvalue weighted by Crippen LogP contribution is 2.27. The van der Waals surface area contributed by atoms with E-state index in [2.05, 4.69) is 74.3 Å². The maximum absolute atomic E-state index is 4.44. The highest BCUT2D eigenvalue weighted by molar-refractivity contribution is 5.71. The van der Waals surface area contributed by atoms with Gasteiger partial charge in [0.25, 0.3) is 0 Å². The lowest BCUT2D eigenvalue weighted by atomic mass is 9.87. The molecule has 0 aliphatic heterocycles. The van der Waals surface area contributed by atoms with Crippen molar-refractivity contribution < 1.29 is 0 Å². The van der Waals surface area contributed by atoms with Gasteiger partial charge in [0.05, 0.1) is 5.69 Å². The summed E-state index contributed by atoms with van der Waals surface area (Å²) in [5.74, 6) is 0. The highest BCUT2D eigenvalue weighted by atomic mass is 14.7. The van der Waals surface area contributed by atoms with Gasteiger partial charge in [0.2, 0.25) is 0 Å². The monoisotopic (exact) mass is 301 g/mol. The van der Waals surface area contributed by atoms with E-state index in [0.717, 1.165) is 17.7 Å². The van der Waals surface area contributed by atoms with E-state index in [0.29, 0.717) is 5.41 Å². The fourth-order valence-electron chi connectivity index (χ4n) is 2.82. The zero-order valence-electron chi connectivity index (χ0n) is 14.1. The Morgan fingerprint density at radius 3 is 2.13 bits per heavy atom. The number of benzene rings is 2. The van der Waals surface area contributed by atoms with Crippen molar-refractivity contribution in [2.45, 2.75) is 27.2 Å². The minimum Gasteiger partial charge on any atom is -0.256 e. The molecule has 0 amide bonds. The van der Waals surface area contributed by atoms with Gasteiger partial charge >= 0.3 is 0 Å². The molecule has 0 N–H and O–H groups in total. The zero-order valence-corrected chi connectivity index (χ0v) is 14.1. The first kappa shape index (κ1) is 15.5. The summed E-state index contributed by atoms with van der Waals surface area (Å²) in [6.07, 6.45) is 2.94. The van der Waals surface area contributed by atoms with Crippen molar-refractivity contribution in [2.24, 2.45) is 5.41 Å². The lowest BCUT2D eigenvalue weighted by Gasteiger charge is -2.18. The van der Waals surface area contributed by atoms with Crippen LogP contribution in [0.4, 0.5) is 0 Å². The summed E-state index contributed by atoms with van der Waals surface area (Å²) in [6.45, 7) is 6.83. The average molecular weight is 301 g/mol. The maximum atomic E-state index is 4.44. The van der Waals surface area contributed by atoms with Crippen molar-refractivity contribution >= 4 is 0 Å². The third-order valence-electron chi connectivity index (χ3n) is 3.84. The topological polar surface area (TPSA) is 12.9 Å². The standard InChI is InChI=1S/C22H23N/c1-22(2,3)16-17-10-12-18(13-11-17)19-7-6-8-20(15-19)21-9-4-5-14-23-21/h4-15H,16H2,1-3H3. The van der Waals surface area contributed by atoms with Crippen LogP contribution >= 0.6 is 0 Å². The molecule has 0 aliphatic carbocycles. The first-order valence-corrected chi connectivity index (χ1v) is 8.12. The van der Waals surface area contributed by atoms with Crippen LogP contribution in [0.5, 0.6) is 0 Å². The van der Waals surface area contributed by atoms with Gasteiger partial charge in [-0.3, -0.25) is 4.98 Å². The molecule has 0 saturated carbocycles. The molecule has 0 bridgehead atoms. The van der Waals surface area contributed by atoms with E-state index in [1.807, 2.05) is 24.4 Å². The first-order valence-electron chi connectivity index (χ1n) is 8.12. The largest absolute Gasteiger partial charge is 0.256 e. The molecule has 2 aromatic carbocycles. The normalized spacial score (nSPS) is 11.4. The minimum atomic E-state index is 0.320. The van der Waals surface area contributed by atoms with Gasteiger partial charge in [-0.25, -0.2) is 0 Å². The maximum Gasteiger partial charge on any atom is 0.0702 e. The van der Waals surface area contributed by atoms with E-state index in [1.165, 1.54) is 16.7 Å². The van der Waals surface area contributed by atoms with Crippen LogP contribution < -0.4 is 0 Å². The number of aromatic nitrogens is 1. The second-order valence-corrected chi connectivity index (χ2v) is 7.23. The number of rotatable bonds is 3. The first-order chi connectivity index (χ1) is 11.0. The highest BCUT2D eigenvalue weighted by Gasteiger charge is 2.11. The Morgan fingerprint density at radius 2 is 1.48 bits per heavy atom. The Morgan fingerprint density at radius 1 is 0.739 bits per heavy atom. The molecule has 1 nitrogen and oxygen atoms in total. The number of nitrogens with zero attached hydrogens (tertiary/aromatic N) is 1. The predicted molar refractivity (Wildman–Crippen MR) is 98.3 cm³/mol. The molecule has 3 rings (SSSR count). The fourth-order valence-corrected chi connectivity index (χ4v) is 2.82. The van der Waals surface area contributed by atoms with Gasteiger partial charge in [-0.2, -0.15) is 0 Å². The molecule has 0 fully saturated rings. The second-order valence-electron chi connectivity index (χ2n) is 7.23. The summed E-state index contributed by atoms with van der Waals surface area (Å²) in [5.41, 5.74) is 6.36. The summed E-state index contributed by atoms with van der Waals surface area (Å²) >= 11 is 0. The summed E-state index contributed by atoms with van der Waals surface area (Å²) in [7, 11) is 0. The van der Waals surface area contributed by atoms with Crippen LogP contribution in [0, 0.1) is 5.41 Å². The molecule has 1 heterocycles. The zero-order chi connectivity index (χ0) is 16.3. The van der Waals surface area contributed by atoms with Gasteiger partial charge < -0.3 is 0 Å². The van der Waals surface area contributed by atoms with E-state index in [1.54, 1.807) is 0 Å². The van der Waals surface area contributed by atoms with Gasteiger partial charge in [-0.1, -0.05) is 69.3 Å². The van der Waals surface area contributed by atoms with Gasteiger partial charge in [-0.05, 0) is 46.7 Å². The third kappa shape index (κ3) is 4.07. The van der Waals surface area contributed by atoms with Gasteiger partial charge in [-0.15, -0.1) is 0 Å². The molecule has 0 atom stereocenters. The molecule has 1 aromatic heterocycles. The summed E-state index contributed by atoms with van der Waals surface area (Å²) in [5, 5.41) is 0. The second kappa shape index (κ2) is 6.37. The van der Waals surface area contributed by atoms with E-state index in [4.69, 9.17) is 0 Å². The molecule has 0 aliphatic rings.